The average molecular weight is 211 g/mol. The van der Waals surface area contributed by atoms with Crippen LogP contribution in [0.5, 0.6) is 0 Å². The maximum atomic E-state index is 11.9. The largest absolute Gasteiger partial charge is 0.380 e. The molecule has 0 aliphatic carbocycles. The van der Waals surface area contributed by atoms with Crippen molar-refractivity contribution in [2.45, 2.75) is 19.6 Å². The van der Waals surface area contributed by atoms with E-state index in [4.69, 9.17) is 4.74 Å². The Balaban J connectivity index is 2.44. The van der Waals surface area contributed by atoms with Gasteiger partial charge in [-0.1, -0.05) is 24.3 Å². The van der Waals surface area contributed by atoms with Crippen molar-refractivity contribution in [1.82, 2.24) is 5.32 Å². The van der Waals surface area contributed by atoms with Gasteiger partial charge in [0, 0.05) is 13.7 Å². The monoisotopic (exact) mass is 211 g/mol. The summed E-state index contributed by atoms with van der Waals surface area (Å²) in [6, 6.07) is 8.12. The number of ether oxygens (including phenoxy) is 1. The van der Waals surface area contributed by atoms with E-state index < -0.39 is 0 Å². The smallest absolute Gasteiger partial charge is 0.0906 e. The number of hydrogen-bond acceptors (Lipinski definition) is 2. The zero-order valence-electron chi connectivity index (χ0n) is 9.13. The topological polar surface area (TPSA) is 21.3 Å². The number of alkyl halides is 1. The molecule has 0 heterocycles. The van der Waals surface area contributed by atoms with E-state index in [0.29, 0.717) is 13.0 Å². The first kappa shape index (κ1) is 12.1. The van der Waals surface area contributed by atoms with E-state index in [1.54, 1.807) is 7.11 Å². The predicted octanol–water partition coefficient (Wildman–Crippen LogP) is 2.28. The number of hydrogen-bond donors (Lipinski definition) is 1. The zero-order chi connectivity index (χ0) is 10.9. The molecule has 0 unspecified atom stereocenters. The van der Waals surface area contributed by atoms with E-state index in [1.807, 2.05) is 12.1 Å². The van der Waals surface area contributed by atoms with Crippen LogP contribution < -0.4 is 5.32 Å². The Hall–Kier alpha value is -0.930. The van der Waals surface area contributed by atoms with Crippen LogP contribution >= 0.6 is 0 Å². The highest BCUT2D eigenvalue weighted by Crippen LogP contribution is 2.09. The van der Waals surface area contributed by atoms with E-state index in [9.17, 15) is 4.39 Å². The van der Waals surface area contributed by atoms with Crippen molar-refractivity contribution in [2.75, 3.05) is 20.3 Å². The lowest BCUT2D eigenvalue weighted by atomic mass is 10.1. The molecule has 0 fully saturated rings. The number of rotatable bonds is 7. The van der Waals surface area contributed by atoms with Gasteiger partial charge in [-0.05, 0) is 24.1 Å². The third-order valence-corrected chi connectivity index (χ3v) is 2.22. The molecule has 15 heavy (non-hydrogen) atoms. The second-order valence-electron chi connectivity index (χ2n) is 3.42. The summed E-state index contributed by atoms with van der Waals surface area (Å²) in [5, 5.41) is 3.21. The molecule has 0 radical (unpaired) electrons. The number of benzene rings is 1. The summed E-state index contributed by atoms with van der Waals surface area (Å²) in [6.45, 7) is 1.87. The summed E-state index contributed by atoms with van der Waals surface area (Å²) in [6.07, 6.45) is 0.576. The number of nitrogens with one attached hydrogen (secondary N) is 1. The molecule has 1 aromatic rings. The van der Waals surface area contributed by atoms with Gasteiger partial charge < -0.3 is 10.1 Å². The Bertz CT molecular complexity index is 278. The third kappa shape index (κ3) is 4.40. The van der Waals surface area contributed by atoms with Crippen LogP contribution in [0.1, 0.15) is 17.5 Å². The van der Waals surface area contributed by atoms with Gasteiger partial charge in [-0.25, -0.2) is 0 Å². The van der Waals surface area contributed by atoms with Crippen molar-refractivity contribution in [3.05, 3.63) is 35.4 Å². The van der Waals surface area contributed by atoms with E-state index >= 15 is 0 Å². The maximum absolute atomic E-state index is 11.9. The van der Waals surface area contributed by atoms with Gasteiger partial charge in [-0.2, -0.15) is 0 Å². The number of halogens is 1. The van der Waals surface area contributed by atoms with Crippen LogP contribution in [-0.4, -0.2) is 20.3 Å². The molecule has 0 atom stereocenters. The molecular weight excluding hydrogens is 193 g/mol. The van der Waals surface area contributed by atoms with Gasteiger partial charge in [0.25, 0.3) is 0 Å². The quantitative estimate of drug-likeness (QED) is 0.699. The van der Waals surface area contributed by atoms with E-state index in [1.165, 1.54) is 11.1 Å². The van der Waals surface area contributed by atoms with Crippen LogP contribution in [0.3, 0.4) is 0 Å². The summed E-state index contributed by atoms with van der Waals surface area (Å²) in [5.41, 5.74) is 2.41. The Morgan fingerprint density at radius 2 is 2.00 bits per heavy atom. The van der Waals surface area contributed by atoms with Gasteiger partial charge in [0.1, 0.15) is 0 Å². The van der Waals surface area contributed by atoms with Gasteiger partial charge in [-0.15, -0.1) is 0 Å². The first-order chi connectivity index (χ1) is 7.38. The molecule has 0 aromatic heterocycles. The molecule has 1 N–H and O–H groups in total. The molecular formula is C12H18FNO. The molecule has 0 amide bonds. The van der Waals surface area contributed by atoms with Crippen LogP contribution in [-0.2, 0) is 17.9 Å². The summed E-state index contributed by atoms with van der Waals surface area (Å²) in [5.74, 6) is 0. The molecule has 2 nitrogen and oxygen atoms in total. The molecule has 0 saturated carbocycles. The normalized spacial score (nSPS) is 10.5. The van der Waals surface area contributed by atoms with E-state index in [2.05, 4.69) is 17.4 Å². The highest BCUT2D eigenvalue weighted by molar-refractivity contribution is 5.26. The minimum atomic E-state index is -0.257. The van der Waals surface area contributed by atoms with Crippen molar-refractivity contribution >= 4 is 0 Å². The van der Waals surface area contributed by atoms with Crippen molar-refractivity contribution in [3.8, 4) is 0 Å². The first-order valence-corrected chi connectivity index (χ1v) is 5.21. The zero-order valence-corrected chi connectivity index (χ0v) is 9.13. The van der Waals surface area contributed by atoms with Gasteiger partial charge >= 0.3 is 0 Å². The Labute approximate surface area is 90.4 Å². The summed E-state index contributed by atoms with van der Waals surface area (Å²) < 4.78 is 17.0. The third-order valence-electron chi connectivity index (χ3n) is 2.22. The Morgan fingerprint density at radius 1 is 1.27 bits per heavy atom. The SMILES string of the molecule is COCc1ccccc1CNCCCF. The summed E-state index contributed by atoms with van der Waals surface area (Å²) in [4.78, 5) is 0. The molecule has 0 aliphatic rings. The number of methoxy groups -OCH3 is 1. The second kappa shape index (κ2) is 7.37. The van der Waals surface area contributed by atoms with E-state index in [-0.39, 0.29) is 6.67 Å². The standard InChI is InChI=1S/C12H18FNO/c1-15-10-12-6-3-2-5-11(12)9-14-8-4-7-13/h2-3,5-6,14H,4,7-10H2,1H3. The van der Waals surface area contributed by atoms with E-state index in [0.717, 1.165) is 13.1 Å². The molecule has 1 rings (SSSR count). The van der Waals surface area contributed by atoms with Gasteiger partial charge in [0.2, 0.25) is 0 Å². The van der Waals surface area contributed by atoms with Gasteiger partial charge in [0.05, 0.1) is 13.3 Å². The first-order valence-electron chi connectivity index (χ1n) is 5.21. The lowest BCUT2D eigenvalue weighted by molar-refractivity contribution is 0.184. The Morgan fingerprint density at radius 3 is 2.67 bits per heavy atom. The van der Waals surface area contributed by atoms with Crippen molar-refractivity contribution in [1.29, 1.82) is 0 Å². The molecule has 84 valence electrons. The molecule has 1 aromatic carbocycles. The van der Waals surface area contributed by atoms with Crippen molar-refractivity contribution in [3.63, 3.8) is 0 Å². The minimum Gasteiger partial charge on any atom is -0.380 e. The van der Waals surface area contributed by atoms with Gasteiger partial charge in [0.15, 0.2) is 0 Å². The van der Waals surface area contributed by atoms with Crippen molar-refractivity contribution in [2.24, 2.45) is 0 Å². The molecule has 0 aliphatic heterocycles. The molecule has 0 spiro atoms. The van der Waals surface area contributed by atoms with Crippen molar-refractivity contribution < 1.29 is 9.13 Å². The fraction of sp³-hybridized carbons (Fsp3) is 0.500. The summed E-state index contributed by atoms with van der Waals surface area (Å²) >= 11 is 0. The molecule has 3 heteroatoms. The molecule has 0 saturated heterocycles. The van der Waals surface area contributed by atoms with Crippen LogP contribution in [0.2, 0.25) is 0 Å². The highest BCUT2D eigenvalue weighted by atomic mass is 19.1. The second-order valence-corrected chi connectivity index (χ2v) is 3.42. The lowest BCUT2D eigenvalue weighted by Crippen LogP contribution is -2.16. The molecule has 0 bridgehead atoms. The van der Waals surface area contributed by atoms with Crippen LogP contribution in [0.4, 0.5) is 4.39 Å². The predicted molar refractivity (Wildman–Crippen MR) is 59.5 cm³/mol. The van der Waals surface area contributed by atoms with Crippen LogP contribution in [0.25, 0.3) is 0 Å². The van der Waals surface area contributed by atoms with Gasteiger partial charge in [-0.3, -0.25) is 4.39 Å². The lowest BCUT2D eigenvalue weighted by Gasteiger charge is -2.09. The fourth-order valence-electron chi connectivity index (χ4n) is 1.44. The Kier molecular flexibility index (Phi) is 5.97. The van der Waals surface area contributed by atoms with Crippen LogP contribution in [0.15, 0.2) is 24.3 Å². The maximum Gasteiger partial charge on any atom is 0.0906 e. The minimum absolute atomic E-state index is 0.257. The fourth-order valence-corrected chi connectivity index (χ4v) is 1.44. The summed E-state index contributed by atoms with van der Waals surface area (Å²) in [7, 11) is 1.69. The highest BCUT2D eigenvalue weighted by Gasteiger charge is 2.00. The van der Waals surface area contributed by atoms with Crippen LogP contribution in [0, 0.1) is 0 Å². The average Bonchev–Trinajstić information content (AvgIpc) is 2.27.